The highest BCUT2D eigenvalue weighted by Gasteiger charge is 2.30. The first kappa shape index (κ1) is 16.5. The van der Waals surface area contributed by atoms with Gasteiger partial charge in [0, 0.05) is 13.1 Å². The fraction of sp³-hybridized carbons (Fsp3) is 0.556. The van der Waals surface area contributed by atoms with Gasteiger partial charge >= 0.3 is 5.97 Å². The molecule has 1 aromatic carbocycles. The van der Waals surface area contributed by atoms with Crippen molar-refractivity contribution in [1.29, 1.82) is 0 Å². The highest BCUT2D eigenvalue weighted by Crippen LogP contribution is 2.36. The van der Waals surface area contributed by atoms with E-state index in [9.17, 15) is 14.7 Å². The Morgan fingerprint density at radius 3 is 2.41 bits per heavy atom. The van der Waals surface area contributed by atoms with Crippen LogP contribution in [0.4, 0.5) is 0 Å². The van der Waals surface area contributed by atoms with Crippen molar-refractivity contribution in [2.45, 2.75) is 52.0 Å². The van der Waals surface area contributed by atoms with Gasteiger partial charge in [-0.05, 0) is 42.7 Å². The lowest BCUT2D eigenvalue weighted by molar-refractivity contribution is -0.132. The molecule has 1 amide bonds. The van der Waals surface area contributed by atoms with Gasteiger partial charge in [0.25, 0.3) is 0 Å². The molecule has 1 aliphatic rings. The minimum atomic E-state index is -0.981. The number of likely N-dealkylation sites (N-methyl/N-ethyl adjacent to an activating group) is 1. The molecule has 0 radical (unpaired) electrons. The van der Waals surface area contributed by atoms with Crippen molar-refractivity contribution >= 4 is 11.9 Å². The molecule has 120 valence electrons. The lowest BCUT2D eigenvalue weighted by atomic mass is 9.75. The zero-order valence-electron chi connectivity index (χ0n) is 13.6. The van der Waals surface area contributed by atoms with E-state index in [1.165, 1.54) is 0 Å². The minimum Gasteiger partial charge on any atom is -0.478 e. The second-order valence-corrected chi connectivity index (χ2v) is 7.04. The zero-order chi connectivity index (χ0) is 16.3. The summed E-state index contributed by atoms with van der Waals surface area (Å²) < 4.78 is 0. The summed E-state index contributed by atoms with van der Waals surface area (Å²) in [6.07, 6.45) is 4.45. The van der Waals surface area contributed by atoms with E-state index in [0.29, 0.717) is 11.0 Å². The molecule has 2 rings (SSSR count). The van der Waals surface area contributed by atoms with Gasteiger partial charge in [0.2, 0.25) is 5.91 Å². The molecule has 4 nitrogen and oxygen atoms in total. The monoisotopic (exact) mass is 303 g/mol. The molecule has 0 heterocycles. The summed E-state index contributed by atoms with van der Waals surface area (Å²) in [5.41, 5.74) is 1.17. The van der Waals surface area contributed by atoms with Crippen molar-refractivity contribution < 1.29 is 14.7 Å². The van der Waals surface area contributed by atoms with Crippen LogP contribution in [0.5, 0.6) is 0 Å². The molecular weight excluding hydrogens is 278 g/mol. The molecule has 0 saturated heterocycles. The molecule has 0 aromatic heterocycles. The summed E-state index contributed by atoms with van der Waals surface area (Å²) in [6, 6.07) is 7.01. The molecule has 0 spiro atoms. The Morgan fingerprint density at radius 1 is 1.23 bits per heavy atom. The number of amides is 1. The average molecular weight is 303 g/mol. The predicted octanol–water partition coefficient (Wildman–Crippen LogP) is 3.35. The van der Waals surface area contributed by atoms with Crippen LogP contribution in [-0.4, -0.2) is 35.0 Å². The van der Waals surface area contributed by atoms with Crippen molar-refractivity contribution in [3.63, 3.8) is 0 Å². The summed E-state index contributed by atoms with van der Waals surface area (Å²) in [6.45, 7) is 4.54. The Bertz CT molecular complexity index is 555. The number of benzene rings is 1. The van der Waals surface area contributed by atoms with Gasteiger partial charge in [0.15, 0.2) is 0 Å². The van der Waals surface area contributed by atoms with Gasteiger partial charge in [-0.15, -0.1) is 0 Å². The second-order valence-electron chi connectivity index (χ2n) is 7.04. The fourth-order valence-corrected chi connectivity index (χ4v) is 3.15. The first-order valence-electron chi connectivity index (χ1n) is 7.87. The van der Waals surface area contributed by atoms with Crippen molar-refractivity contribution in [3.8, 4) is 0 Å². The van der Waals surface area contributed by atoms with Gasteiger partial charge < -0.3 is 10.0 Å². The molecule has 4 heteroatoms. The zero-order valence-corrected chi connectivity index (χ0v) is 13.6. The van der Waals surface area contributed by atoms with E-state index in [-0.39, 0.29) is 23.9 Å². The maximum absolute atomic E-state index is 12.5. The summed E-state index contributed by atoms with van der Waals surface area (Å²) in [7, 11) is 1.84. The third-order valence-corrected chi connectivity index (χ3v) is 4.84. The smallest absolute Gasteiger partial charge is 0.335 e. The normalized spacial score (nSPS) is 18.0. The molecule has 1 N–H and O–H groups in total. The maximum atomic E-state index is 12.5. The van der Waals surface area contributed by atoms with Gasteiger partial charge in [-0.2, -0.15) is 0 Å². The lowest BCUT2D eigenvalue weighted by Crippen LogP contribution is -2.41. The Labute approximate surface area is 132 Å². The molecule has 1 aliphatic carbocycles. The molecule has 0 unspecified atom stereocenters. The predicted molar refractivity (Wildman–Crippen MR) is 85.9 cm³/mol. The van der Waals surface area contributed by atoms with E-state index < -0.39 is 5.97 Å². The number of nitrogens with zero attached hydrogens (tertiary/aromatic N) is 1. The molecule has 1 saturated carbocycles. The SMILES string of the molecule is CN(C(=O)Cc1ccccc1C(=O)O)C1CCC(C)(C)CC1. The van der Waals surface area contributed by atoms with Crippen LogP contribution in [0.1, 0.15) is 55.5 Å². The quantitative estimate of drug-likeness (QED) is 0.928. The number of hydrogen-bond acceptors (Lipinski definition) is 2. The van der Waals surface area contributed by atoms with Gasteiger partial charge in [0.1, 0.15) is 0 Å². The molecule has 1 fully saturated rings. The van der Waals surface area contributed by atoms with E-state index in [2.05, 4.69) is 13.8 Å². The maximum Gasteiger partial charge on any atom is 0.335 e. The highest BCUT2D eigenvalue weighted by molar-refractivity contribution is 5.91. The van der Waals surface area contributed by atoms with Crippen LogP contribution < -0.4 is 0 Å². The Morgan fingerprint density at radius 2 is 1.82 bits per heavy atom. The molecule has 1 aromatic rings. The summed E-state index contributed by atoms with van der Waals surface area (Å²) in [5.74, 6) is -0.983. The van der Waals surface area contributed by atoms with Gasteiger partial charge in [0.05, 0.1) is 12.0 Å². The van der Waals surface area contributed by atoms with Gasteiger partial charge in [-0.1, -0.05) is 32.0 Å². The number of carboxylic acids is 1. The van der Waals surface area contributed by atoms with Crippen LogP contribution in [0.2, 0.25) is 0 Å². The van der Waals surface area contributed by atoms with E-state index in [1.54, 1.807) is 24.3 Å². The van der Waals surface area contributed by atoms with Crippen LogP contribution >= 0.6 is 0 Å². The van der Waals surface area contributed by atoms with Crippen LogP contribution in [0, 0.1) is 5.41 Å². The molecule has 0 atom stereocenters. The fourth-order valence-electron chi connectivity index (χ4n) is 3.15. The largest absolute Gasteiger partial charge is 0.478 e. The minimum absolute atomic E-state index is 0.00148. The van der Waals surface area contributed by atoms with Crippen LogP contribution in [0.15, 0.2) is 24.3 Å². The molecule has 22 heavy (non-hydrogen) atoms. The summed E-state index contributed by atoms with van der Waals surface area (Å²) in [5, 5.41) is 9.20. The number of hydrogen-bond donors (Lipinski definition) is 1. The Balaban J connectivity index is 2.02. The van der Waals surface area contributed by atoms with Crippen LogP contribution in [0.25, 0.3) is 0 Å². The number of carboxylic acid groups (broad SMARTS) is 1. The van der Waals surface area contributed by atoms with E-state index in [4.69, 9.17) is 0 Å². The van der Waals surface area contributed by atoms with Gasteiger partial charge in [-0.3, -0.25) is 4.79 Å². The molecule has 0 bridgehead atoms. The third kappa shape index (κ3) is 3.87. The number of rotatable bonds is 4. The van der Waals surface area contributed by atoms with Crippen molar-refractivity contribution in [2.75, 3.05) is 7.05 Å². The number of aromatic carboxylic acids is 1. The van der Waals surface area contributed by atoms with Crippen LogP contribution in [-0.2, 0) is 11.2 Å². The van der Waals surface area contributed by atoms with Crippen molar-refractivity contribution in [2.24, 2.45) is 5.41 Å². The van der Waals surface area contributed by atoms with Crippen LogP contribution in [0.3, 0.4) is 0 Å². The second kappa shape index (κ2) is 6.51. The summed E-state index contributed by atoms with van der Waals surface area (Å²) in [4.78, 5) is 25.5. The Kier molecular flexibility index (Phi) is 4.89. The molecule has 0 aliphatic heterocycles. The summed E-state index contributed by atoms with van der Waals surface area (Å²) >= 11 is 0. The highest BCUT2D eigenvalue weighted by atomic mass is 16.4. The van der Waals surface area contributed by atoms with Crippen molar-refractivity contribution in [3.05, 3.63) is 35.4 Å². The standard InChI is InChI=1S/C18H25NO3/c1-18(2)10-8-14(9-11-18)19(3)16(20)12-13-6-4-5-7-15(13)17(21)22/h4-7,14H,8-12H2,1-3H3,(H,21,22). The molecular formula is C18H25NO3. The topological polar surface area (TPSA) is 57.6 Å². The first-order chi connectivity index (χ1) is 10.3. The first-order valence-corrected chi connectivity index (χ1v) is 7.87. The van der Waals surface area contributed by atoms with E-state index in [0.717, 1.165) is 25.7 Å². The van der Waals surface area contributed by atoms with Gasteiger partial charge in [-0.25, -0.2) is 4.79 Å². The van der Waals surface area contributed by atoms with Crippen molar-refractivity contribution in [1.82, 2.24) is 4.90 Å². The third-order valence-electron chi connectivity index (χ3n) is 4.84. The van der Waals surface area contributed by atoms with E-state index >= 15 is 0 Å². The average Bonchev–Trinajstić information content (AvgIpc) is 2.46. The lowest BCUT2D eigenvalue weighted by Gasteiger charge is -2.38. The number of carbonyl (C=O) groups is 2. The Hall–Kier alpha value is -1.84. The van der Waals surface area contributed by atoms with E-state index in [1.807, 2.05) is 11.9 Å². The number of carbonyl (C=O) groups excluding carboxylic acids is 1.